The Morgan fingerprint density at radius 3 is 2.74 bits per heavy atom. The maximum atomic E-state index is 3.96. The topological polar surface area (TPSA) is 24.1 Å². The Labute approximate surface area is 115 Å². The Bertz CT molecular complexity index is 526. The van der Waals surface area contributed by atoms with Gasteiger partial charge in [0.2, 0.25) is 0 Å². The molecule has 3 aliphatic carbocycles. The lowest BCUT2D eigenvalue weighted by molar-refractivity contribution is 0.0221. The van der Waals surface area contributed by atoms with Crippen LogP contribution in [0.3, 0.4) is 0 Å². The van der Waals surface area contributed by atoms with Gasteiger partial charge in [0, 0.05) is 30.6 Å². The van der Waals surface area contributed by atoms with E-state index in [1.807, 2.05) is 0 Å². The fourth-order valence-corrected chi connectivity index (χ4v) is 4.97. The van der Waals surface area contributed by atoms with E-state index in [0.717, 1.165) is 12.1 Å². The van der Waals surface area contributed by atoms with E-state index >= 15 is 0 Å². The van der Waals surface area contributed by atoms with Gasteiger partial charge >= 0.3 is 0 Å². The molecule has 2 nitrogen and oxygen atoms in total. The third kappa shape index (κ3) is 1.39. The molecule has 4 aliphatic rings. The molecule has 0 bridgehead atoms. The van der Waals surface area contributed by atoms with Gasteiger partial charge in [-0.2, -0.15) is 0 Å². The van der Waals surface area contributed by atoms with E-state index in [9.17, 15) is 0 Å². The highest BCUT2D eigenvalue weighted by Gasteiger charge is 2.60. The number of aryl methyl sites for hydroxylation is 1. The second-order valence-corrected chi connectivity index (χ2v) is 7.45. The van der Waals surface area contributed by atoms with Crippen LogP contribution >= 0.6 is 0 Å². The van der Waals surface area contributed by atoms with E-state index in [0.29, 0.717) is 10.8 Å². The molecule has 5 rings (SSSR count). The molecule has 0 amide bonds. The Balaban J connectivity index is 1.28. The average molecular weight is 254 g/mol. The number of nitrogens with one attached hydrogen (secondary N) is 2. The van der Waals surface area contributed by atoms with Crippen LogP contribution in [0, 0.1) is 5.41 Å². The third-order valence-corrected chi connectivity index (χ3v) is 6.27. The van der Waals surface area contributed by atoms with Crippen LogP contribution in [0.25, 0.3) is 0 Å². The second-order valence-electron chi connectivity index (χ2n) is 7.45. The molecule has 2 unspecified atom stereocenters. The normalized spacial score (nSPS) is 38.0. The van der Waals surface area contributed by atoms with Crippen molar-refractivity contribution in [3.8, 4) is 0 Å². The molecule has 2 saturated carbocycles. The summed E-state index contributed by atoms with van der Waals surface area (Å²) in [5, 5.41) is 7.39. The minimum atomic E-state index is 0.525. The average Bonchev–Trinajstić information content (AvgIpc) is 2.89. The molecular formula is C17H22N2. The predicted molar refractivity (Wildman–Crippen MR) is 76.3 cm³/mol. The zero-order chi connectivity index (χ0) is 12.5. The summed E-state index contributed by atoms with van der Waals surface area (Å²) in [6.07, 6.45) is 6.88. The Kier molecular flexibility index (Phi) is 1.96. The van der Waals surface area contributed by atoms with Crippen LogP contribution < -0.4 is 10.6 Å². The highest BCUT2D eigenvalue weighted by molar-refractivity contribution is 5.46. The lowest BCUT2D eigenvalue weighted by Crippen LogP contribution is -2.65. The number of hydrogen-bond donors (Lipinski definition) is 2. The molecule has 1 aliphatic heterocycles. The molecule has 2 spiro atoms. The highest BCUT2D eigenvalue weighted by atomic mass is 15.1. The zero-order valence-electron chi connectivity index (χ0n) is 11.4. The van der Waals surface area contributed by atoms with E-state index in [1.165, 1.54) is 45.2 Å². The molecule has 19 heavy (non-hydrogen) atoms. The number of fused-ring (bicyclic) bond motifs is 2. The summed E-state index contributed by atoms with van der Waals surface area (Å²) in [5.41, 5.74) is 4.50. The smallest absolute Gasteiger partial charge is 0.0176 e. The van der Waals surface area contributed by atoms with E-state index in [2.05, 4.69) is 34.9 Å². The Morgan fingerprint density at radius 2 is 1.95 bits per heavy atom. The van der Waals surface area contributed by atoms with Gasteiger partial charge in [-0.25, -0.2) is 0 Å². The van der Waals surface area contributed by atoms with Gasteiger partial charge in [0.1, 0.15) is 0 Å². The first-order valence-electron chi connectivity index (χ1n) is 7.85. The molecule has 1 saturated heterocycles. The van der Waals surface area contributed by atoms with Gasteiger partial charge in [-0.1, -0.05) is 24.3 Å². The predicted octanol–water partition coefficient (Wildman–Crippen LogP) is 1.98. The van der Waals surface area contributed by atoms with Crippen LogP contribution in [0.1, 0.15) is 36.8 Å². The molecule has 2 atom stereocenters. The van der Waals surface area contributed by atoms with Crippen LogP contribution in [-0.4, -0.2) is 25.2 Å². The zero-order valence-corrected chi connectivity index (χ0v) is 11.4. The lowest BCUT2D eigenvalue weighted by atomic mass is 9.61. The van der Waals surface area contributed by atoms with Crippen LogP contribution in [0.4, 0.5) is 0 Å². The standard InChI is InChI=1S/C17H22N2/c1-2-4-14-12(3-1)5-6-17(14)9-15(17)19-13-7-16(8-13)10-18-11-16/h1-4,13,15,18-19H,5-11H2. The van der Waals surface area contributed by atoms with Crippen LogP contribution in [0.2, 0.25) is 0 Å². The van der Waals surface area contributed by atoms with Gasteiger partial charge in [-0.05, 0) is 48.6 Å². The van der Waals surface area contributed by atoms with Crippen molar-refractivity contribution < 1.29 is 0 Å². The first-order chi connectivity index (χ1) is 9.30. The summed E-state index contributed by atoms with van der Waals surface area (Å²) >= 11 is 0. The van der Waals surface area contributed by atoms with Gasteiger partial charge in [0.25, 0.3) is 0 Å². The number of benzene rings is 1. The van der Waals surface area contributed by atoms with Gasteiger partial charge in [-0.3, -0.25) is 0 Å². The summed E-state index contributed by atoms with van der Waals surface area (Å²) in [6, 6.07) is 10.7. The van der Waals surface area contributed by atoms with Crippen molar-refractivity contribution in [1.29, 1.82) is 0 Å². The maximum absolute atomic E-state index is 3.96. The van der Waals surface area contributed by atoms with Gasteiger partial charge in [0.15, 0.2) is 0 Å². The molecule has 3 fully saturated rings. The SMILES string of the molecule is c1ccc2c(c1)CCC21CC1NC1CC2(CNC2)C1. The second kappa shape index (κ2) is 3.42. The van der Waals surface area contributed by atoms with E-state index < -0.39 is 0 Å². The van der Waals surface area contributed by atoms with Crippen molar-refractivity contribution >= 4 is 0 Å². The quantitative estimate of drug-likeness (QED) is 0.843. The molecule has 0 radical (unpaired) electrons. The van der Waals surface area contributed by atoms with Crippen molar-refractivity contribution in [2.45, 2.75) is 49.6 Å². The minimum absolute atomic E-state index is 0.525. The third-order valence-electron chi connectivity index (χ3n) is 6.27. The molecule has 2 heteroatoms. The monoisotopic (exact) mass is 254 g/mol. The van der Waals surface area contributed by atoms with Crippen LogP contribution in [0.5, 0.6) is 0 Å². The summed E-state index contributed by atoms with van der Waals surface area (Å²) < 4.78 is 0. The number of rotatable bonds is 2. The van der Waals surface area contributed by atoms with E-state index in [-0.39, 0.29) is 0 Å². The molecule has 1 heterocycles. The molecule has 1 aromatic carbocycles. The summed E-state index contributed by atoms with van der Waals surface area (Å²) in [6.45, 7) is 2.54. The molecule has 0 aromatic heterocycles. The lowest BCUT2D eigenvalue weighted by Gasteiger charge is -2.54. The van der Waals surface area contributed by atoms with Crippen LogP contribution in [0.15, 0.2) is 24.3 Å². The van der Waals surface area contributed by atoms with Crippen molar-refractivity contribution in [3.05, 3.63) is 35.4 Å². The molecule has 2 N–H and O–H groups in total. The molecular weight excluding hydrogens is 232 g/mol. The van der Waals surface area contributed by atoms with Crippen molar-refractivity contribution in [1.82, 2.24) is 10.6 Å². The Hall–Kier alpha value is -0.860. The highest BCUT2D eigenvalue weighted by Crippen LogP contribution is 2.58. The van der Waals surface area contributed by atoms with E-state index in [1.54, 1.807) is 11.1 Å². The van der Waals surface area contributed by atoms with Crippen molar-refractivity contribution in [2.75, 3.05) is 13.1 Å². The molecule has 1 aromatic rings. The summed E-state index contributed by atoms with van der Waals surface area (Å²) in [5.74, 6) is 0. The van der Waals surface area contributed by atoms with Gasteiger partial charge in [-0.15, -0.1) is 0 Å². The van der Waals surface area contributed by atoms with Crippen molar-refractivity contribution in [3.63, 3.8) is 0 Å². The minimum Gasteiger partial charge on any atom is -0.316 e. The van der Waals surface area contributed by atoms with Gasteiger partial charge < -0.3 is 10.6 Å². The number of hydrogen-bond acceptors (Lipinski definition) is 2. The first-order valence-corrected chi connectivity index (χ1v) is 7.85. The molecule has 100 valence electrons. The summed E-state index contributed by atoms with van der Waals surface area (Å²) in [7, 11) is 0. The summed E-state index contributed by atoms with van der Waals surface area (Å²) in [4.78, 5) is 0. The van der Waals surface area contributed by atoms with Gasteiger partial charge in [0.05, 0.1) is 0 Å². The fourth-order valence-electron chi connectivity index (χ4n) is 4.97. The first kappa shape index (κ1) is 10.9. The van der Waals surface area contributed by atoms with Crippen LogP contribution in [-0.2, 0) is 11.8 Å². The van der Waals surface area contributed by atoms with E-state index in [4.69, 9.17) is 0 Å². The van der Waals surface area contributed by atoms with Crippen molar-refractivity contribution in [2.24, 2.45) is 5.41 Å². The largest absolute Gasteiger partial charge is 0.316 e. The Morgan fingerprint density at radius 1 is 1.11 bits per heavy atom. The maximum Gasteiger partial charge on any atom is 0.0176 e. The fraction of sp³-hybridized carbons (Fsp3) is 0.647.